The van der Waals surface area contributed by atoms with E-state index in [2.05, 4.69) is 15.3 Å². The van der Waals surface area contributed by atoms with Gasteiger partial charge in [0.25, 0.3) is 5.56 Å². The van der Waals surface area contributed by atoms with Crippen molar-refractivity contribution in [1.29, 1.82) is 0 Å². The van der Waals surface area contributed by atoms with Crippen molar-refractivity contribution >= 4 is 39.9 Å². The first kappa shape index (κ1) is 22.5. The van der Waals surface area contributed by atoms with Crippen molar-refractivity contribution in [3.8, 4) is 5.69 Å². The number of anilines is 2. The van der Waals surface area contributed by atoms with Crippen molar-refractivity contribution in [3.05, 3.63) is 87.4 Å². The highest BCUT2D eigenvalue weighted by Crippen LogP contribution is 2.28. The highest BCUT2D eigenvalue weighted by atomic mass is 35.5. The number of nitrogens with zero attached hydrogens (tertiary/aromatic N) is 3. The van der Waals surface area contributed by atoms with E-state index in [9.17, 15) is 9.59 Å². The lowest BCUT2D eigenvalue weighted by molar-refractivity contribution is 0.0939. The molecule has 4 aromatic rings. The minimum absolute atomic E-state index is 0.0516. The zero-order valence-corrected chi connectivity index (χ0v) is 19.3. The second-order valence-electron chi connectivity index (χ2n) is 8.12. The molecule has 0 saturated heterocycles. The molecule has 1 atom stereocenters. The van der Waals surface area contributed by atoms with Crippen LogP contribution < -0.4 is 16.6 Å². The predicted octanol–water partition coefficient (Wildman–Crippen LogP) is 5.03. The Bertz CT molecular complexity index is 1400. The zero-order valence-electron chi connectivity index (χ0n) is 18.5. The molecule has 2 heterocycles. The fourth-order valence-electron chi connectivity index (χ4n) is 3.78. The summed E-state index contributed by atoms with van der Waals surface area (Å²) in [7, 11) is 0. The second-order valence-corrected chi connectivity index (χ2v) is 8.53. The van der Waals surface area contributed by atoms with E-state index in [0.717, 1.165) is 5.39 Å². The molecular formula is C25H24ClN5O2. The molecule has 0 radical (unpaired) electrons. The van der Waals surface area contributed by atoms with E-state index in [1.54, 1.807) is 10.6 Å². The summed E-state index contributed by atoms with van der Waals surface area (Å²) < 4.78 is 1.63. The number of nitrogens with two attached hydrogens (primary N) is 1. The third kappa shape index (κ3) is 4.32. The molecule has 0 bridgehead atoms. The van der Waals surface area contributed by atoms with Gasteiger partial charge in [0, 0.05) is 23.5 Å². The van der Waals surface area contributed by atoms with E-state index < -0.39 is 6.04 Å². The number of aromatic nitrogens is 3. The lowest BCUT2D eigenvalue weighted by Crippen LogP contribution is -2.26. The van der Waals surface area contributed by atoms with Crippen molar-refractivity contribution in [2.75, 3.05) is 11.1 Å². The lowest BCUT2D eigenvalue weighted by Gasteiger charge is -2.22. The standard InChI is InChI=1S/C25H24ClN5O2/c1-14(2)22(32)18-13-28-25(27)30-23(18)29-15(3)20-12-16-8-7-11-19(26)21(16)24(33)31(20)17-9-5-4-6-10-17/h4-15H,1-3H3,(H3,27,28,29,30)/t15-/m0/s1. The number of nitrogens with one attached hydrogen (secondary N) is 1. The van der Waals surface area contributed by atoms with Crippen LogP contribution in [0.5, 0.6) is 0 Å². The first-order valence-corrected chi connectivity index (χ1v) is 11.0. The van der Waals surface area contributed by atoms with Crippen LogP contribution in [0.2, 0.25) is 5.02 Å². The molecule has 7 nitrogen and oxygen atoms in total. The summed E-state index contributed by atoms with van der Waals surface area (Å²) in [6.07, 6.45) is 1.43. The van der Waals surface area contributed by atoms with Gasteiger partial charge in [-0.1, -0.05) is 55.8 Å². The summed E-state index contributed by atoms with van der Waals surface area (Å²) in [6.45, 7) is 5.52. The summed E-state index contributed by atoms with van der Waals surface area (Å²) in [5.74, 6) is 0.0385. The number of rotatable bonds is 6. The van der Waals surface area contributed by atoms with E-state index >= 15 is 0 Å². The van der Waals surface area contributed by atoms with Crippen LogP contribution in [0.1, 0.15) is 42.9 Å². The SMILES string of the molecule is CC(C)C(=O)c1cnc(N)nc1N[C@@H](C)c1cc2cccc(Cl)c2c(=O)n1-c1ccccc1. The zero-order chi connectivity index (χ0) is 23.7. The van der Waals surface area contributed by atoms with Gasteiger partial charge in [-0.3, -0.25) is 14.2 Å². The van der Waals surface area contributed by atoms with Crippen molar-refractivity contribution in [2.24, 2.45) is 5.92 Å². The fraction of sp³-hybridized carbons (Fsp3) is 0.200. The minimum atomic E-state index is -0.408. The molecule has 8 heteroatoms. The van der Waals surface area contributed by atoms with Gasteiger partial charge in [-0.2, -0.15) is 4.98 Å². The van der Waals surface area contributed by atoms with Gasteiger partial charge in [0.15, 0.2) is 5.78 Å². The number of carbonyl (C=O) groups excluding carboxylic acids is 1. The molecule has 168 valence electrons. The number of para-hydroxylation sites is 1. The Morgan fingerprint density at radius 3 is 2.52 bits per heavy atom. The summed E-state index contributed by atoms with van der Waals surface area (Å²) in [5.41, 5.74) is 7.32. The van der Waals surface area contributed by atoms with Crippen LogP contribution in [-0.2, 0) is 0 Å². The molecule has 4 rings (SSSR count). The first-order chi connectivity index (χ1) is 15.8. The van der Waals surface area contributed by atoms with Gasteiger partial charge >= 0.3 is 0 Å². The van der Waals surface area contributed by atoms with Crippen LogP contribution in [0.15, 0.2) is 65.6 Å². The highest BCUT2D eigenvalue weighted by molar-refractivity contribution is 6.35. The summed E-state index contributed by atoms with van der Waals surface area (Å²) in [4.78, 5) is 34.6. The summed E-state index contributed by atoms with van der Waals surface area (Å²) in [5, 5.41) is 4.84. The number of halogens is 1. The number of carbonyl (C=O) groups is 1. The molecule has 0 aliphatic rings. The molecule has 2 aromatic heterocycles. The minimum Gasteiger partial charge on any atom is -0.368 e. The van der Waals surface area contributed by atoms with E-state index in [1.807, 2.05) is 69.3 Å². The quantitative estimate of drug-likeness (QED) is 0.390. The molecule has 2 aromatic carbocycles. The van der Waals surface area contributed by atoms with Gasteiger partial charge < -0.3 is 11.1 Å². The van der Waals surface area contributed by atoms with Gasteiger partial charge in [-0.15, -0.1) is 0 Å². The predicted molar refractivity (Wildman–Crippen MR) is 132 cm³/mol. The largest absolute Gasteiger partial charge is 0.368 e. The van der Waals surface area contributed by atoms with Gasteiger partial charge in [0.1, 0.15) is 5.82 Å². The topological polar surface area (TPSA) is 103 Å². The van der Waals surface area contributed by atoms with Gasteiger partial charge in [-0.05, 0) is 36.6 Å². The van der Waals surface area contributed by atoms with E-state index in [-0.39, 0.29) is 23.2 Å². The average molecular weight is 462 g/mol. The molecule has 0 aliphatic heterocycles. The number of pyridine rings is 1. The van der Waals surface area contributed by atoms with E-state index in [0.29, 0.717) is 33.2 Å². The maximum Gasteiger partial charge on any atom is 0.264 e. The Balaban J connectivity index is 1.90. The number of hydrogen-bond acceptors (Lipinski definition) is 6. The lowest BCUT2D eigenvalue weighted by atomic mass is 10.0. The Morgan fingerprint density at radius 2 is 1.82 bits per heavy atom. The molecule has 0 fully saturated rings. The van der Waals surface area contributed by atoms with Crippen molar-refractivity contribution in [3.63, 3.8) is 0 Å². The third-order valence-electron chi connectivity index (χ3n) is 5.43. The monoisotopic (exact) mass is 461 g/mol. The van der Waals surface area contributed by atoms with Crippen molar-refractivity contribution in [1.82, 2.24) is 14.5 Å². The molecule has 0 spiro atoms. The molecule has 33 heavy (non-hydrogen) atoms. The van der Waals surface area contributed by atoms with Gasteiger partial charge in [-0.25, -0.2) is 4.98 Å². The first-order valence-electron chi connectivity index (χ1n) is 10.6. The van der Waals surface area contributed by atoms with E-state index in [4.69, 9.17) is 17.3 Å². The van der Waals surface area contributed by atoms with Gasteiger partial charge in [0.2, 0.25) is 5.95 Å². The van der Waals surface area contributed by atoms with Crippen LogP contribution in [-0.4, -0.2) is 20.3 Å². The van der Waals surface area contributed by atoms with Crippen LogP contribution in [0.25, 0.3) is 16.5 Å². The van der Waals surface area contributed by atoms with Crippen molar-refractivity contribution in [2.45, 2.75) is 26.8 Å². The average Bonchev–Trinajstić information content (AvgIpc) is 2.79. The molecule has 0 aliphatic carbocycles. The molecule has 0 amide bonds. The summed E-state index contributed by atoms with van der Waals surface area (Å²) in [6, 6.07) is 16.2. The normalized spacial score (nSPS) is 12.2. The number of Topliss-reactive ketones (excluding diaryl/α,β-unsaturated/α-hetero) is 1. The van der Waals surface area contributed by atoms with Crippen molar-refractivity contribution < 1.29 is 4.79 Å². The number of benzene rings is 2. The third-order valence-corrected chi connectivity index (χ3v) is 5.75. The fourth-order valence-corrected chi connectivity index (χ4v) is 4.04. The Morgan fingerprint density at radius 1 is 1.09 bits per heavy atom. The summed E-state index contributed by atoms with van der Waals surface area (Å²) >= 11 is 6.39. The Hall–Kier alpha value is -3.71. The van der Waals surface area contributed by atoms with Crippen LogP contribution >= 0.6 is 11.6 Å². The molecular weight excluding hydrogens is 438 g/mol. The van der Waals surface area contributed by atoms with Crippen LogP contribution in [0.3, 0.4) is 0 Å². The number of ketones is 1. The Kier molecular flexibility index (Phi) is 6.16. The maximum absolute atomic E-state index is 13.6. The number of nitrogen functional groups attached to an aromatic ring is 1. The van der Waals surface area contributed by atoms with Gasteiger partial charge in [0.05, 0.1) is 22.0 Å². The molecule has 0 saturated carbocycles. The highest BCUT2D eigenvalue weighted by Gasteiger charge is 2.22. The van der Waals surface area contributed by atoms with E-state index in [1.165, 1.54) is 6.20 Å². The number of fused-ring (bicyclic) bond motifs is 1. The smallest absolute Gasteiger partial charge is 0.264 e. The second kappa shape index (κ2) is 9.03. The molecule has 0 unspecified atom stereocenters. The molecule has 3 N–H and O–H groups in total. The maximum atomic E-state index is 13.6. The Labute approximate surface area is 196 Å². The van der Waals surface area contributed by atoms with Crippen LogP contribution in [0.4, 0.5) is 11.8 Å². The number of hydrogen-bond donors (Lipinski definition) is 2. The van der Waals surface area contributed by atoms with Crippen LogP contribution in [0, 0.1) is 5.92 Å².